The molecule has 1 unspecified atom stereocenters. The van der Waals surface area contributed by atoms with E-state index in [2.05, 4.69) is 58.4 Å². The average molecular weight is 324 g/mol. The van der Waals surface area contributed by atoms with E-state index in [-0.39, 0.29) is 6.04 Å². The van der Waals surface area contributed by atoms with Crippen molar-refractivity contribution >= 4 is 27.3 Å². The van der Waals surface area contributed by atoms with Crippen molar-refractivity contribution in [2.45, 2.75) is 31.7 Å². The molecule has 1 atom stereocenters. The summed E-state index contributed by atoms with van der Waals surface area (Å²) in [7, 11) is 0. The summed E-state index contributed by atoms with van der Waals surface area (Å²) < 4.78 is 1.19. The molecule has 0 aliphatic carbocycles. The minimum atomic E-state index is 0.277. The van der Waals surface area contributed by atoms with Gasteiger partial charge in [0.2, 0.25) is 0 Å². The fraction of sp³-hybridized carbons (Fsp3) is 0.333. The predicted molar refractivity (Wildman–Crippen MR) is 83.1 cm³/mol. The van der Waals surface area contributed by atoms with Crippen LogP contribution in [0.1, 0.15) is 23.3 Å². The molecule has 0 amide bonds. The molecular weight excluding hydrogens is 306 g/mol. The maximum Gasteiger partial charge on any atom is 0.0701 e. The summed E-state index contributed by atoms with van der Waals surface area (Å²) in [6, 6.07) is 15.1. The lowest BCUT2D eigenvalue weighted by atomic mass is 10.0. The molecule has 0 fully saturated rings. The standard InChI is InChI=1S/C15H18BrNS/c16-15-10-9-14(18-15)11-13(17)8-4-7-12-5-2-1-3-6-12/h1-3,5-6,9-10,13H,4,7-8,11,17H2. The van der Waals surface area contributed by atoms with E-state index < -0.39 is 0 Å². The quantitative estimate of drug-likeness (QED) is 0.837. The maximum atomic E-state index is 6.17. The van der Waals surface area contributed by atoms with Gasteiger partial charge in [-0.15, -0.1) is 11.3 Å². The van der Waals surface area contributed by atoms with E-state index in [1.807, 2.05) is 0 Å². The molecule has 0 saturated heterocycles. The molecule has 0 aliphatic rings. The molecule has 0 aliphatic heterocycles. The Morgan fingerprint density at radius 3 is 2.56 bits per heavy atom. The molecule has 0 saturated carbocycles. The summed E-state index contributed by atoms with van der Waals surface area (Å²) in [4.78, 5) is 1.37. The van der Waals surface area contributed by atoms with E-state index in [0.717, 1.165) is 25.7 Å². The smallest absolute Gasteiger partial charge is 0.0701 e. The molecule has 3 heteroatoms. The number of hydrogen-bond acceptors (Lipinski definition) is 2. The largest absolute Gasteiger partial charge is 0.327 e. The highest BCUT2D eigenvalue weighted by molar-refractivity contribution is 9.11. The van der Waals surface area contributed by atoms with Gasteiger partial charge < -0.3 is 5.73 Å². The third-order valence-electron chi connectivity index (χ3n) is 2.98. The van der Waals surface area contributed by atoms with E-state index in [0.29, 0.717) is 0 Å². The summed E-state index contributed by atoms with van der Waals surface area (Å²) in [6.45, 7) is 0. The first-order chi connectivity index (χ1) is 8.74. The van der Waals surface area contributed by atoms with E-state index in [9.17, 15) is 0 Å². The van der Waals surface area contributed by atoms with Crippen LogP contribution >= 0.6 is 27.3 Å². The van der Waals surface area contributed by atoms with Gasteiger partial charge in [-0.05, 0) is 59.3 Å². The Hall–Kier alpha value is -0.640. The second kappa shape index (κ2) is 7.07. The minimum Gasteiger partial charge on any atom is -0.327 e. The number of nitrogens with two attached hydrogens (primary N) is 1. The molecule has 0 spiro atoms. The predicted octanol–water partition coefficient (Wildman–Crippen LogP) is 4.40. The van der Waals surface area contributed by atoms with Crippen molar-refractivity contribution in [3.8, 4) is 0 Å². The number of hydrogen-bond donors (Lipinski definition) is 1. The molecule has 2 rings (SSSR count). The molecule has 0 radical (unpaired) electrons. The topological polar surface area (TPSA) is 26.0 Å². The van der Waals surface area contributed by atoms with Gasteiger partial charge in [-0.1, -0.05) is 30.3 Å². The van der Waals surface area contributed by atoms with Crippen LogP contribution in [0.2, 0.25) is 0 Å². The fourth-order valence-electron chi connectivity index (χ4n) is 2.03. The van der Waals surface area contributed by atoms with Crippen LogP contribution in [-0.4, -0.2) is 6.04 Å². The molecule has 1 aromatic carbocycles. The maximum absolute atomic E-state index is 6.17. The van der Waals surface area contributed by atoms with Gasteiger partial charge in [-0.2, -0.15) is 0 Å². The normalized spacial score (nSPS) is 12.6. The van der Waals surface area contributed by atoms with Gasteiger partial charge in [0.05, 0.1) is 3.79 Å². The summed E-state index contributed by atoms with van der Waals surface area (Å²) in [5.41, 5.74) is 7.58. The number of aryl methyl sites for hydroxylation is 1. The van der Waals surface area contributed by atoms with Gasteiger partial charge in [0, 0.05) is 10.9 Å². The Labute approximate surface area is 121 Å². The van der Waals surface area contributed by atoms with Crippen molar-refractivity contribution in [2.24, 2.45) is 5.73 Å². The molecule has 2 aromatic rings. The highest BCUT2D eigenvalue weighted by Crippen LogP contribution is 2.23. The van der Waals surface area contributed by atoms with Gasteiger partial charge >= 0.3 is 0 Å². The number of rotatable bonds is 6. The summed E-state index contributed by atoms with van der Waals surface area (Å²) >= 11 is 5.27. The lowest BCUT2D eigenvalue weighted by Gasteiger charge is -2.10. The van der Waals surface area contributed by atoms with E-state index in [4.69, 9.17) is 5.73 Å². The third-order valence-corrected chi connectivity index (χ3v) is 4.62. The SMILES string of the molecule is NC(CCCc1ccccc1)Cc1ccc(Br)s1. The number of thiophene rings is 1. The van der Waals surface area contributed by atoms with Crippen LogP contribution < -0.4 is 5.73 Å². The van der Waals surface area contributed by atoms with Crippen LogP contribution in [0, 0.1) is 0 Å². The fourth-order valence-corrected chi connectivity index (χ4v) is 3.61. The molecule has 96 valence electrons. The second-order valence-electron chi connectivity index (χ2n) is 4.55. The Kier molecular flexibility index (Phi) is 5.42. The van der Waals surface area contributed by atoms with Crippen LogP contribution in [0.5, 0.6) is 0 Å². The summed E-state index contributed by atoms with van der Waals surface area (Å²) in [6.07, 6.45) is 4.37. The van der Waals surface area contributed by atoms with Crippen LogP contribution in [-0.2, 0) is 12.8 Å². The van der Waals surface area contributed by atoms with Crippen molar-refractivity contribution in [1.82, 2.24) is 0 Å². The van der Waals surface area contributed by atoms with Crippen LogP contribution in [0.4, 0.5) is 0 Å². The van der Waals surface area contributed by atoms with Crippen LogP contribution in [0.25, 0.3) is 0 Å². The van der Waals surface area contributed by atoms with Gasteiger partial charge in [0.25, 0.3) is 0 Å². The van der Waals surface area contributed by atoms with Crippen LogP contribution in [0.3, 0.4) is 0 Å². The number of benzene rings is 1. The van der Waals surface area contributed by atoms with Gasteiger partial charge in [0.1, 0.15) is 0 Å². The van der Waals surface area contributed by atoms with E-state index in [1.54, 1.807) is 11.3 Å². The van der Waals surface area contributed by atoms with Crippen molar-refractivity contribution in [3.05, 3.63) is 56.7 Å². The molecule has 1 nitrogen and oxygen atoms in total. The Balaban J connectivity index is 1.70. The highest BCUT2D eigenvalue weighted by Gasteiger charge is 2.06. The molecule has 0 bridgehead atoms. The van der Waals surface area contributed by atoms with Gasteiger partial charge in [-0.25, -0.2) is 0 Å². The van der Waals surface area contributed by atoms with Crippen molar-refractivity contribution in [1.29, 1.82) is 0 Å². The Bertz CT molecular complexity index is 466. The monoisotopic (exact) mass is 323 g/mol. The molecule has 2 N–H and O–H groups in total. The Morgan fingerprint density at radius 2 is 1.89 bits per heavy atom. The zero-order valence-corrected chi connectivity index (χ0v) is 12.7. The first-order valence-corrected chi connectivity index (χ1v) is 7.89. The van der Waals surface area contributed by atoms with Crippen LogP contribution in [0.15, 0.2) is 46.3 Å². The van der Waals surface area contributed by atoms with E-state index in [1.165, 1.54) is 14.2 Å². The van der Waals surface area contributed by atoms with E-state index >= 15 is 0 Å². The molecular formula is C15H18BrNS. The van der Waals surface area contributed by atoms with Gasteiger partial charge in [0.15, 0.2) is 0 Å². The van der Waals surface area contributed by atoms with Crippen molar-refractivity contribution in [3.63, 3.8) is 0 Å². The second-order valence-corrected chi connectivity index (χ2v) is 7.10. The zero-order chi connectivity index (χ0) is 12.8. The lowest BCUT2D eigenvalue weighted by Crippen LogP contribution is -2.22. The van der Waals surface area contributed by atoms with Crippen molar-refractivity contribution in [2.75, 3.05) is 0 Å². The molecule has 1 heterocycles. The highest BCUT2D eigenvalue weighted by atomic mass is 79.9. The first kappa shape index (κ1) is 13.8. The summed E-state index contributed by atoms with van der Waals surface area (Å²) in [5.74, 6) is 0. The lowest BCUT2D eigenvalue weighted by molar-refractivity contribution is 0.583. The summed E-state index contributed by atoms with van der Waals surface area (Å²) in [5, 5.41) is 0. The Morgan fingerprint density at radius 1 is 1.11 bits per heavy atom. The number of halogens is 1. The zero-order valence-electron chi connectivity index (χ0n) is 10.3. The first-order valence-electron chi connectivity index (χ1n) is 6.28. The minimum absolute atomic E-state index is 0.277. The third kappa shape index (κ3) is 4.56. The van der Waals surface area contributed by atoms with Gasteiger partial charge in [-0.3, -0.25) is 0 Å². The van der Waals surface area contributed by atoms with Crippen molar-refractivity contribution < 1.29 is 0 Å². The average Bonchev–Trinajstić information content (AvgIpc) is 2.76. The molecule has 18 heavy (non-hydrogen) atoms. The molecule has 1 aromatic heterocycles.